The molecule has 1 aliphatic heterocycles. The van der Waals surface area contributed by atoms with Crippen LogP contribution in [0, 0.1) is 5.82 Å². The van der Waals surface area contributed by atoms with Gasteiger partial charge in [0.25, 0.3) is 0 Å². The van der Waals surface area contributed by atoms with Crippen LogP contribution in [0.5, 0.6) is 5.75 Å². The molecule has 2 heterocycles. The summed E-state index contributed by atoms with van der Waals surface area (Å²) in [4.78, 5) is 29.0. The van der Waals surface area contributed by atoms with Crippen molar-refractivity contribution in [2.24, 2.45) is 0 Å². The number of benzene rings is 1. The lowest BCUT2D eigenvalue weighted by molar-refractivity contribution is 0.171. The number of ether oxygens (including phenoxy) is 1. The number of rotatable bonds is 13. The summed E-state index contributed by atoms with van der Waals surface area (Å²) in [6.45, 7) is 13.3. The highest BCUT2D eigenvalue weighted by Gasteiger charge is 2.39. The van der Waals surface area contributed by atoms with Gasteiger partial charge < -0.3 is 10.1 Å². The van der Waals surface area contributed by atoms with Gasteiger partial charge in [-0.15, -0.1) is 0 Å². The number of hydrogen-bond donors (Lipinski definition) is 1. The SMILES string of the molecule is CCOc1cccc(N2Cc3cnc(NCCCCCN(C(C)C)C(C)C)nc3N(C3CCCC3)C2=O)c1F. The van der Waals surface area contributed by atoms with Gasteiger partial charge >= 0.3 is 6.03 Å². The Balaban J connectivity index is 1.46. The minimum absolute atomic E-state index is 0.0461. The van der Waals surface area contributed by atoms with Gasteiger partial charge in [-0.1, -0.05) is 25.3 Å². The maximum Gasteiger partial charge on any atom is 0.330 e. The average Bonchev–Trinajstić information content (AvgIpc) is 3.43. The van der Waals surface area contributed by atoms with Crippen molar-refractivity contribution in [3.05, 3.63) is 35.8 Å². The second-order valence-electron chi connectivity index (χ2n) is 11.2. The standard InChI is InChI=1S/C30H45FN6O2/c1-6-39-26-16-12-15-25(27(26)31)36-20-23-19-33-29(32-17-10-7-11-18-35(21(2)3)22(4)5)34-28(23)37(30(36)38)24-13-8-9-14-24/h12,15-16,19,21-22,24H,6-11,13-14,17-18,20H2,1-5H3,(H,32,33,34). The number of halogens is 1. The molecule has 0 bridgehead atoms. The van der Waals surface area contributed by atoms with E-state index in [0.29, 0.717) is 30.5 Å². The quantitative estimate of drug-likeness (QED) is 0.289. The van der Waals surface area contributed by atoms with Crippen molar-refractivity contribution in [2.45, 2.75) is 104 Å². The molecular weight excluding hydrogens is 495 g/mol. The molecule has 8 nitrogen and oxygen atoms in total. The Morgan fingerprint density at radius 2 is 1.87 bits per heavy atom. The van der Waals surface area contributed by atoms with Crippen molar-refractivity contribution in [3.63, 3.8) is 0 Å². The third-order valence-corrected chi connectivity index (χ3v) is 7.76. The van der Waals surface area contributed by atoms with E-state index < -0.39 is 5.82 Å². The van der Waals surface area contributed by atoms with Crippen LogP contribution in [0.2, 0.25) is 0 Å². The number of aromatic nitrogens is 2. The number of fused-ring (bicyclic) bond motifs is 1. The maximum atomic E-state index is 15.3. The predicted molar refractivity (Wildman–Crippen MR) is 155 cm³/mol. The van der Waals surface area contributed by atoms with Crippen LogP contribution in [-0.4, -0.2) is 58.7 Å². The van der Waals surface area contributed by atoms with E-state index in [1.807, 2.05) is 6.92 Å². The van der Waals surface area contributed by atoms with E-state index in [4.69, 9.17) is 9.72 Å². The summed E-state index contributed by atoms with van der Waals surface area (Å²) < 4.78 is 20.8. The fourth-order valence-electron chi connectivity index (χ4n) is 5.83. The molecule has 0 atom stereocenters. The second-order valence-corrected chi connectivity index (χ2v) is 11.2. The molecule has 1 aliphatic carbocycles. The molecule has 0 radical (unpaired) electrons. The zero-order valence-corrected chi connectivity index (χ0v) is 24.3. The Hall–Kier alpha value is -2.94. The number of carbonyl (C=O) groups is 1. The summed E-state index contributed by atoms with van der Waals surface area (Å²) >= 11 is 0. The largest absolute Gasteiger partial charge is 0.491 e. The van der Waals surface area contributed by atoms with E-state index in [9.17, 15) is 4.79 Å². The first-order valence-electron chi connectivity index (χ1n) is 14.7. The number of nitrogens with one attached hydrogen (secondary N) is 1. The number of anilines is 3. The van der Waals surface area contributed by atoms with Crippen LogP contribution in [0.25, 0.3) is 0 Å². The first-order chi connectivity index (χ1) is 18.8. The molecule has 214 valence electrons. The summed E-state index contributed by atoms with van der Waals surface area (Å²) in [5.74, 6) is 0.810. The summed E-state index contributed by atoms with van der Waals surface area (Å²) in [6.07, 6.45) is 9.05. The van der Waals surface area contributed by atoms with Gasteiger partial charge in [-0.2, -0.15) is 4.98 Å². The number of unbranched alkanes of at least 4 members (excludes halogenated alkanes) is 2. The Labute approximate surface area is 232 Å². The number of hydrogen-bond acceptors (Lipinski definition) is 6. The zero-order chi connectivity index (χ0) is 27.9. The van der Waals surface area contributed by atoms with E-state index in [0.717, 1.165) is 63.6 Å². The Morgan fingerprint density at radius 3 is 2.56 bits per heavy atom. The minimum atomic E-state index is -0.522. The van der Waals surface area contributed by atoms with Gasteiger partial charge in [0.15, 0.2) is 11.6 Å². The van der Waals surface area contributed by atoms with Crippen LogP contribution in [0.3, 0.4) is 0 Å². The highest BCUT2D eigenvalue weighted by Crippen LogP contribution is 2.38. The molecule has 1 aromatic heterocycles. The predicted octanol–water partition coefficient (Wildman–Crippen LogP) is 6.60. The monoisotopic (exact) mass is 540 g/mol. The molecule has 1 saturated carbocycles. The molecule has 2 aromatic rings. The molecule has 39 heavy (non-hydrogen) atoms. The topological polar surface area (TPSA) is 73.8 Å². The lowest BCUT2D eigenvalue weighted by atomic mass is 10.1. The molecule has 4 rings (SSSR count). The van der Waals surface area contributed by atoms with E-state index in [2.05, 4.69) is 42.9 Å². The normalized spacial score (nSPS) is 16.1. The van der Waals surface area contributed by atoms with E-state index in [-0.39, 0.29) is 30.1 Å². The molecule has 2 amide bonds. The second kappa shape index (κ2) is 13.4. The molecule has 0 unspecified atom stereocenters. The highest BCUT2D eigenvalue weighted by atomic mass is 19.1. The van der Waals surface area contributed by atoms with E-state index in [1.165, 1.54) is 4.90 Å². The lowest BCUT2D eigenvalue weighted by Crippen LogP contribution is -2.52. The van der Waals surface area contributed by atoms with E-state index >= 15 is 4.39 Å². The van der Waals surface area contributed by atoms with Gasteiger partial charge in [0.05, 0.1) is 18.8 Å². The van der Waals surface area contributed by atoms with Crippen molar-refractivity contribution in [2.75, 3.05) is 34.8 Å². The zero-order valence-electron chi connectivity index (χ0n) is 24.3. The summed E-state index contributed by atoms with van der Waals surface area (Å²) in [5.41, 5.74) is 1.03. The lowest BCUT2D eigenvalue weighted by Gasteiger charge is -2.39. The summed E-state index contributed by atoms with van der Waals surface area (Å²) in [5, 5.41) is 3.36. The molecule has 9 heteroatoms. The first kappa shape index (κ1) is 29.1. The number of urea groups is 1. The number of nitrogens with zero attached hydrogens (tertiary/aromatic N) is 5. The van der Waals surface area contributed by atoms with Crippen molar-refractivity contribution >= 4 is 23.5 Å². The van der Waals surface area contributed by atoms with Gasteiger partial charge in [-0.05, 0) is 79.0 Å². The van der Waals surface area contributed by atoms with E-state index in [1.54, 1.807) is 29.3 Å². The maximum absolute atomic E-state index is 15.3. The van der Waals surface area contributed by atoms with Crippen molar-refractivity contribution in [1.29, 1.82) is 0 Å². The molecule has 0 spiro atoms. The third kappa shape index (κ3) is 6.80. The van der Waals surface area contributed by atoms with Crippen molar-refractivity contribution in [3.8, 4) is 5.75 Å². The van der Waals surface area contributed by atoms with Gasteiger partial charge in [-0.3, -0.25) is 14.7 Å². The molecule has 1 N–H and O–H groups in total. The third-order valence-electron chi connectivity index (χ3n) is 7.76. The first-order valence-corrected chi connectivity index (χ1v) is 14.7. The fraction of sp³-hybridized carbons (Fsp3) is 0.633. The van der Waals surface area contributed by atoms with Crippen molar-refractivity contribution < 1.29 is 13.9 Å². The van der Waals surface area contributed by atoms with Crippen LogP contribution in [-0.2, 0) is 6.54 Å². The fourth-order valence-corrected chi connectivity index (χ4v) is 5.83. The molecule has 2 aliphatic rings. The molecule has 1 fully saturated rings. The van der Waals surface area contributed by atoms with Gasteiger partial charge in [0, 0.05) is 36.4 Å². The smallest absolute Gasteiger partial charge is 0.330 e. The molecular formula is C30H45FN6O2. The van der Waals surface area contributed by atoms with Gasteiger partial charge in [-0.25, -0.2) is 14.2 Å². The Morgan fingerprint density at radius 1 is 1.13 bits per heavy atom. The van der Waals surface area contributed by atoms with Crippen LogP contribution in [0.4, 0.5) is 26.6 Å². The van der Waals surface area contributed by atoms with Crippen LogP contribution in [0.1, 0.15) is 85.1 Å². The number of amides is 2. The number of carbonyl (C=O) groups excluding carboxylic acids is 1. The van der Waals surface area contributed by atoms with Crippen LogP contribution in [0.15, 0.2) is 24.4 Å². The summed E-state index contributed by atoms with van der Waals surface area (Å²) in [6, 6.07) is 5.85. The average molecular weight is 541 g/mol. The molecule has 1 aromatic carbocycles. The van der Waals surface area contributed by atoms with Crippen LogP contribution < -0.4 is 19.9 Å². The van der Waals surface area contributed by atoms with Crippen LogP contribution >= 0.6 is 0 Å². The Kier molecular flexibility index (Phi) is 9.99. The summed E-state index contributed by atoms with van der Waals surface area (Å²) in [7, 11) is 0. The molecule has 0 saturated heterocycles. The highest BCUT2D eigenvalue weighted by molar-refractivity contribution is 6.06. The van der Waals surface area contributed by atoms with Gasteiger partial charge in [0.1, 0.15) is 5.82 Å². The minimum Gasteiger partial charge on any atom is -0.491 e. The van der Waals surface area contributed by atoms with Crippen molar-refractivity contribution in [1.82, 2.24) is 14.9 Å². The Bertz CT molecular complexity index is 1100. The van der Waals surface area contributed by atoms with Gasteiger partial charge in [0.2, 0.25) is 5.95 Å².